The lowest BCUT2D eigenvalue weighted by Gasteiger charge is -2.29. The Labute approximate surface area is 106 Å². The van der Waals surface area contributed by atoms with Crippen molar-refractivity contribution in [2.24, 2.45) is 0 Å². The summed E-state index contributed by atoms with van der Waals surface area (Å²) in [6.07, 6.45) is 3.05. The maximum absolute atomic E-state index is 9.61. The number of aliphatic hydroxyl groups is 1. The normalized spacial score (nSPS) is 13.9. The Kier molecular flexibility index (Phi) is 3.43. The molecular formula is C13H16N4O. The van der Waals surface area contributed by atoms with E-state index in [4.69, 9.17) is 5.73 Å². The zero-order chi connectivity index (χ0) is 13.0. The lowest BCUT2D eigenvalue weighted by molar-refractivity contribution is 0.223. The SMILES string of the molecule is CC(CO)(Nc1ncc(N)cn1)c1ccccc1. The smallest absolute Gasteiger partial charge is 0.223 e. The number of aromatic nitrogens is 2. The quantitative estimate of drug-likeness (QED) is 0.756. The van der Waals surface area contributed by atoms with E-state index >= 15 is 0 Å². The Morgan fingerprint density at radius 2 is 1.83 bits per heavy atom. The summed E-state index contributed by atoms with van der Waals surface area (Å²) in [6, 6.07) is 9.67. The van der Waals surface area contributed by atoms with E-state index in [1.165, 1.54) is 12.4 Å². The third-order valence-corrected chi connectivity index (χ3v) is 2.79. The molecule has 0 saturated heterocycles. The molecule has 0 amide bonds. The van der Waals surface area contributed by atoms with Gasteiger partial charge in [0.15, 0.2) is 0 Å². The van der Waals surface area contributed by atoms with E-state index in [9.17, 15) is 5.11 Å². The number of hydrogen-bond donors (Lipinski definition) is 3. The molecule has 0 radical (unpaired) electrons. The van der Waals surface area contributed by atoms with Crippen LogP contribution in [0.1, 0.15) is 12.5 Å². The molecule has 0 saturated carbocycles. The van der Waals surface area contributed by atoms with Crippen molar-refractivity contribution >= 4 is 11.6 Å². The number of benzene rings is 1. The van der Waals surface area contributed by atoms with Crippen LogP contribution in [0, 0.1) is 0 Å². The average Bonchev–Trinajstić information content (AvgIpc) is 2.42. The Bertz CT molecular complexity index is 500. The summed E-state index contributed by atoms with van der Waals surface area (Å²) in [6.45, 7) is 1.83. The summed E-state index contributed by atoms with van der Waals surface area (Å²) >= 11 is 0. The first-order chi connectivity index (χ1) is 8.64. The first kappa shape index (κ1) is 12.3. The van der Waals surface area contributed by atoms with Crippen LogP contribution in [0.25, 0.3) is 0 Å². The van der Waals surface area contributed by atoms with Crippen molar-refractivity contribution in [1.82, 2.24) is 9.97 Å². The molecule has 0 bridgehead atoms. The first-order valence-corrected chi connectivity index (χ1v) is 5.66. The van der Waals surface area contributed by atoms with Crippen molar-refractivity contribution in [3.8, 4) is 0 Å². The van der Waals surface area contributed by atoms with Gasteiger partial charge >= 0.3 is 0 Å². The molecule has 2 rings (SSSR count). The van der Waals surface area contributed by atoms with Crippen LogP contribution in [0.15, 0.2) is 42.7 Å². The van der Waals surface area contributed by atoms with Crippen molar-refractivity contribution in [1.29, 1.82) is 0 Å². The van der Waals surface area contributed by atoms with Crippen molar-refractivity contribution in [3.05, 3.63) is 48.3 Å². The van der Waals surface area contributed by atoms with Gasteiger partial charge in [-0.15, -0.1) is 0 Å². The van der Waals surface area contributed by atoms with Crippen molar-refractivity contribution in [2.75, 3.05) is 17.7 Å². The Hall–Kier alpha value is -2.14. The molecule has 4 N–H and O–H groups in total. The summed E-state index contributed by atoms with van der Waals surface area (Å²) in [4.78, 5) is 8.16. The number of aliphatic hydroxyl groups excluding tert-OH is 1. The molecule has 5 heteroatoms. The lowest BCUT2D eigenvalue weighted by Crippen LogP contribution is -2.36. The van der Waals surface area contributed by atoms with Gasteiger partial charge in [-0.05, 0) is 12.5 Å². The largest absolute Gasteiger partial charge is 0.396 e. The molecule has 1 aromatic carbocycles. The number of rotatable bonds is 4. The number of nitrogens with one attached hydrogen (secondary N) is 1. The molecule has 0 aliphatic heterocycles. The number of nitrogens with two attached hydrogens (primary N) is 1. The van der Waals surface area contributed by atoms with Crippen LogP contribution in [0.5, 0.6) is 0 Å². The molecule has 0 spiro atoms. The van der Waals surface area contributed by atoms with E-state index in [1.54, 1.807) is 0 Å². The van der Waals surface area contributed by atoms with E-state index in [-0.39, 0.29) is 6.61 Å². The molecule has 1 heterocycles. The van der Waals surface area contributed by atoms with Crippen LogP contribution in [-0.4, -0.2) is 21.7 Å². The molecule has 1 aromatic heterocycles. The van der Waals surface area contributed by atoms with Crippen molar-refractivity contribution in [2.45, 2.75) is 12.5 Å². The minimum atomic E-state index is -0.628. The highest BCUT2D eigenvalue weighted by Crippen LogP contribution is 2.23. The van der Waals surface area contributed by atoms with Gasteiger partial charge in [0.05, 0.1) is 30.2 Å². The van der Waals surface area contributed by atoms with Crippen LogP contribution in [0.2, 0.25) is 0 Å². The fourth-order valence-electron chi connectivity index (χ4n) is 1.66. The van der Waals surface area contributed by atoms with Crippen LogP contribution >= 0.6 is 0 Å². The van der Waals surface area contributed by atoms with Gasteiger partial charge in [-0.25, -0.2) is 9.97 Å². The van der Waals surface area contributed by atoms with Crippen LogP contribution in [-0.2, 0) is 5.54 Å². The van der Waals surface area contributed by atoms with Crippen LogP contribution in [0.3, 0.4) is 0 Å². The zero-order valence-electron chi connectivity index (χ0n) is 10.2. The molecule has 94 valence electrons. The Morgan fingerprint density at radius 1 is 1.22 bits per heavy atom. The monoisotopic (exact) mass is 244 g/mol. The molecule has 18 heavy (non-hydrogen) atoms. The number of hydrogen-bond acceptors (Lipinski definition) is 5. The van der Waals surface area contributed by atoms with Gasteiger partial charge in [0.25, 0.3) is 0 Å². The van der Waals surface area contributed by atoms with Gasteiger partial charge in [-0.1, -0.05) is 30.3 Å². The van der Waals surface area contributed by atoms with Gasteiger partial charge in [0, 0.05) is 0 Å². The highest BCUT2D eigenvalue weighted by atomic mass is 16.3. The first-order valence-electron chi connectivity index (χ1n) is 5.66. The van der Waals surface area contributed by atoms with Crippen molar-refractivity contribution in [3.63, 3.8) is 0 Å². The molecule has 2 aromatic rings. The van der Waals surface area contributed by atoms with Crippen molar-refractivity contribution < 1.29 is 5.11 Å². The summed E-state index contributed by atoms with van der Waals surface area (Å²) in [5.41, 5.74) is 6.38. The van der Waals surface area contributed by atoms with Gasteiger partial charge in [-0.2, -0.15) is 0 Å². The summed E-state index contributed by atoms with van der Waals surface area (Å²) < 4.78 is 0. The van der Waals surface area contributed by atoms with E-state index < -0.39 is 5.54 Å². The maximum atomic E-state index is 9.61. The summed E-state index contributed by atoms with van der Waals surface area (Å²) in [7, 11) is 0. The average molecular weight is 244 g/mol. The van der Waals surface area contributed by atoms with Gasteiger partial charge in [-0.3, -0.25) is 0 Å². The van der Waals surface area contributed by atoms with E-state index in [0.717, 1.165) is 5.56 Å². The van der Waals surface area contributed by atoms with Crippen LogP contribution in [0.4, 0.5) is 11.6 Å². The fraction of sp³-hybridized carbons (Fsp3) is 0.231. The maximum Gasteiger partial charge on any atom is 0.223 e. The van der Waals surface area contributed by atoms with Gasteiger partial charge in [0.2, 0.25) is 5.95 Å². The third kappa shape index (κ3) is 2.57. The van der Waals surface area contributed by atoms with E-state index in [2.05, 4.69) is 15.3 Å². The fourth-order valence-corrected chi connectivity index (χ4v) is 1.66. The van der Waals surface area contributed by atoms with E-state index in [0.29, 0.717) is 11.6 Å². The lowest BCUT2D eigenvalue weighted by atomic mass is 9.93. The highest BCUT2D eigenvalue weighted by Gasteiger charge is 2.26. The minimum Gasteiger partial charge on any atom is -0.396 e. The predicted molar refractivity (Wildman–Crippen MR) is 70.9 cm³/mol. The molecular weight excluding hydrogens is 228 g/mol. The summed E-state index contributed by atoms with van der Waals surface area (Å²) in [5, 5.41) is 12.7. The zero-order valence-corrected chi connectivity index (χ0v) is 10.2. The molecule has 0 aliphatic carbocycles. The van der Waals surface area contributed by atoms with E-state index in [1.807, 2.05) is 37.3 Å². The molecule has 1 atom stereocenters. The summed E-state index contributed by atoms with van der Waals surface area (Å²) in [5.74, 6) is 0.435. The minimum absolute atomic E-state index is 0.0647. The number of nitrogens with zero attached hydrogens (tertiary/aromatic N) is 2. The second-order valence-corrected chi connectivity index (χ2v) is 4.32. The molecule has 1 unspecified atom stereocenters. The highest BCUT2D eigenvalue weighted by molar-refractivity contribution is 5.40. The number of anilines is 2. The van der Waals surface area contributed by atoms with Crippen LogP contribution < -0.4 is 11.1 Å². The predicted octanol–water partition coefficient (Wildman–Crippen LogP) is 1.38. The topological polar surface area (TPSA) is 84.1 Å². The number of nitrogen functional groups attached to an aromatic ring is 1. The Morgan fingerprint density at radius 3 is 2.39 bits per heavy atom. The second kappa shape index (κ2) is 5.01. The standard InChI is InChI=1S/C13H16N4O/c1-13(9-18,10-5-3-2-4-6-10)17-12-15-7-11(14)8-16-12/h2-8,18H,9,14H2,1H3,(H,15,16,17). The van der Waals surface area contributed by atoms with Gasteiger partial charge in [0.1, 0.15) is 0 Å². The second-order valence-electron chi connectivity index (χ2n) is 4.32. The molecule has 5 nitrogen and oxygen atoms in total. The third-order valence-electron chi connectivity index (χ3n) is 2.79. The Balaban J connectivity index is 2.26. The molecule has 0 fully saturated rings. The molecule has 0 aliphatic rings. The van der Waals surface area contributed by atoms with Gasteiger partial charge < -0.3 is 16.2 Å².